The summed E-state index contributed by atoms with van der Waals surface area (Å²) in [6.07, 6.45) is 1.60. The quantitative estimate of drug-likeness (QED) is 0.556. The highest BCUT2D eigenvalue weighted by atomic mass is 32.2. The number of thioether (sulfide) groups is 1. The van der Waals surface area contributed by atoms with Gasteiger partial charge in [0.1, 0.15) is 5.03 Å². The van der Waals surface area contributed by atoms with Crippen molar-refractivity contribution in [3.63, 3.8) is 0 Å². The molecule has 1 heterocycles. The van der Waals surface area contributed by atoms with Crippen molar-refractivity contribution in [1.29, 1.82) is 0 Å². The smallest absolute Gasteiger partial charge is 0.303 e. The second-order valence-corrected chi connectivity index (χ2v) is 3.50. The summed E-state index contributed by atoms with van der Waals surface area (Å²) in [6, 6.07) is 5.27. The fraction of sp³-hybridized carbons (Fsp3) is 0.222. The molecule has 14 heavy (non-hydrogen) atoms. The topological polar surface area (TPSA) is 56.3 Å². The molecule has 0 saturated carbocycles. The summed E-state index contributed by atoms with van der Waals surface area (Å²) < 4.78 is 4.54. The van der Waals surface area contributed by atoms with E-state index in [1.165, 1.54) is 6.92 Å². The normalized spacial score (nSPS) is 9.50. The van der Waals surface area contributed by atoms with Gasteiger partial charge in [-0.1, -0.05) is 6.07 Å². The van der Waals surface area contributed by atoms with Gasteiger partial charge in [0.05, 0.1) is 0 Å². The van der Waals surface area contributed by atoms with Gasteiger partial charge in [-0.05, 0) is 23.9 Å². The Morgan fingerprint density at radius 2 is 2.29 bits per heavy atom. The highest BCUT2D eigenvalue weighted by Gasteiger charge is 2.06. The van der Waals surface area contributed by atoms with Crippen LogP contribution < -0.4 is 0 Å². The van der Waals surface area contributed by atoms with E-state index < -0.39 is 5.97 Å². The number of aromatic nitrogens is 1. The van der Waals surface area contributed by atoms with Gasteiger partial charge in [-0.2, -0.15) is 0 Å². The lowest BCUT2D eigenvalue weighted by Gasteiger charge is -1.99. The highest BCUT2D eigenvalue weighted by molar-refractivity contribution is 8.13. The second-order valence-electron chi connectivity index (χ2n) is 2.42. The molecule has 0 radical (unpaired) electrons. The number of esters is 1. The average Bonchev–Trinajstić information content (AvgIpc) is 2.16. The monoisotopic (exact) mass is 211 g/mol. The molecule has 4 nitrogen and oxygen atoms in total. The molecular formula is C9H9NO3S. The summed E-state index contributed by atoms with van der Waals surface area (Å²) in [5.74, 6) is -0.458. The minimum atomic E-state index is -0.458. The molecular weight excluding hydrogens is 202 g/mol. The molecule has 0 fully saturated rings. The van der Waals surface area contributed by atoms with Gasteiger partial charge in [0, 0.05) is 13.1 Å². The van der Waals surface area contributed by atoms with Gasteiger partial charge in [0.15, 0.2) is 6.61 Å². The summed E-state index contributed by atoms with van der Waals surface area (Å²) in [5.41, 5.74) is 0. The van der Waals surface area contributed by atoms with Crippen LogP contribution in [-0.2, 0) is 14.3 Å². The molecule has 0 aliphatic heterocycles. The fourth-order valence-corrected chi connectivity index (χ4v) is 1.33. The first-order valence-electron chi connectivity index (χ1n) is 3.93. The molecule has 1 aromatic rings. The summed E-state index contributed by atoms with van der Waals surface area (Å²) >= 11 is 0.958. The molecule has 0 aliphatic carbocycles. The molecule has 0 saturated heterocycles. The lowest BCUT2D eigenvalue weighted by Crippen LogP contribution is -2.08. The van der Waals surface area contributed by atoms with Gasteiger partial charge >= 0.3 is 5.97 Å². The van der Waals surface area contributed by atoms with Crippen LogP contribution in [-0.4, -0.2) is 22.7 Å². The number of pyridine rings is 1. The van der Waals surface area contributed by atoms with Crippen LogP contribution in [0.2, 0.25) is 0 Å². The van der Waals surface area contributed by atoms with E-state index in [4.69, 9.17) is 0 Å². The lowest BCUT2D eigenvalue weighted by atomic mass is 10.5. The number of nitrogens with zero attached hydrogens (tertiary/aromatic N) is 1. The van der Waals surface area contributed by atoms with Gasteiger partial charge in [-0.15, -0.1) is 0 Å². The first kappa shape index (κ1) is 10.7. The molecule has 5 heteroatoms. The molecule has 0 spiro atoms. The average molecular weight is 211 g/mol. The van der Waals surface area contributed by atoms with E-state index in [2.05, 4.69) is 9.72 Å². The van der Waals surface area contributed by atoms with Crippen LogP contribution in [0.3, 0.4) is 0 Å². The second kappa shape index (κ2) is 5.39. The van der Waals surface area contributed by atoms with Crippen LogP contribution in [0.25, 0.3) is 0 Å². The lowest BCUT2D eigenvalue weighted by molar-refractivity contribution is -0.143. The van der Waals surface area contributed by atoms with Crippen LogP contribution in [0.5, 0.6) is 0 Å². The maximum Gasteiger partial charge on any atom is 0.303 e. The van der Waals surface area contributed by atoms with E-state index in [0.717, 1.165) is 11.8 Å². The SMILES string of the molecule is CC(=O)OCC(=O)Sc1ccccn1. The van der Waals surface area contributed by atoms with Crippen molar-refractivity contribution >= 4 is 22.8 Å². The first-order chi connectivity index (χ1) is 6.68. The molecule has 1 aromatic heterocycles. The Labute approximate surface area is 85.7 Å². The Kier molecular flexibility index (Phi) is 4.12. The van der Waals surface area contributed by atoms with Gasteiger partial charge in [0.25, 0.3) is 0 Å². The maximum absolute atomic E-state index is 11.2. The zero-order chi connectivity index (χ0) is 10.4. The number of hydrogen-bond donors (Lipinski definition) is 0. The van der Waals surface area contributed by atoms with Crippen LogP contribution in [0.1, 0.15) is 6.92 Å². The summed E-state index contributed by atoms with van der Waals surface area (Å²) in [4.78, 5) is 25.5. The van der Waals surface area contributed by atoms with Crippen molar-refractivity contribution in [3.8, 4) is 0 Å². The highest BCUT2D eigenvalue weighted by Crippen LogP contribution is 2.14. The van der Waals surface area contributed by atoms with Crippen molar-refractivity contribution < 1.29 is 14.3 Å². The minimum absolute atomic E-state index is 0.212. The van der Waals surface area contributed by atoms with Crippen molar-refractivity contribution in [2.45, 2.75) is 11.9 Å². The fourth-order valence-electron chi connectivity index (χ4n) is 0.714. The Bertz CT molecular complexity index is 326. The molecule has 0 aromatic carbocycles. The minimum Gasteiger partial charge on any atom is -0.457 e. The Morgan fingerprint density at radius 1 is 1.50 bits per heavy atom. The van der Waals surface area contributed by atoms with Crippen molar-refractivity contribution in [2.24, 2.45) is 0 Å². The maximum atomic E-state index is 11.2. The van der Waals surface area contributed by atoms with Crippen molar-refractivity contribution in [2.75, 3.05) is 6.61 Å². The molecule has 0 aliphatic rings. The Balaban J connectivity index is 2.38. The van der Waals surface area contributed by atoms with E-state index in [1.807, 2.05) is 0 Å². The molecule has 0 amide bonds. The zero-order valence-corrected chi connectivity index (χ0v) is 8.41. The number of ether oxygens (including phenoxy) is 1. The standard InChI is InChI=1S/C9H9NO3S/c1-7(11)13-6-9(12)14-8-4-2-3-5-10-8/h2-5H,6H2,1H3. The van der Waals surface area contributed by atoms with E-state index in [1.54, 1.807) is 24.4 Å². The molecule has 74 valence electrons. The van der Waals surface area contributed by atoms with E-state index in [-0.39, 0.29) is 11.7 Å². The molecule has 0 N–H and O–H groups in total. The largest absolute Gasteiger partial charge is 0.457 e. The summed E-state index contributed by atoms with van der Waals surface area (Å²) in [5, 5.41) is 0.364. The Hall–Kier alpha value is -1.36. The van der Waals surface area contributed by atoms with Crippen LogP contribution in [0, 0.1) is 0 Å². The zero-order valence-electron chi connectivity index (χ0n) is 7.60. The van der Waals surface area contributed by atoms with Gasteiger partial charge in [-0.25, -0.2) is 4.98 Å². The van der Waals surface area contributed by atoms with Gasteiger partial charge < -0.3 is 4.74 Å². The predicted molar refractivity (Wildman–Crippen MR) is 51.7 cm³/mol. The van der Waals surface area contributed by atoms with E-state index in [9.17, 15) is 9.59 Å². The molecule has 0 atom stereocenters. The van der Waals surface area contributed by atoms with Crippen molar-refractivity contribution in [3.05, 3.63) is 24.4 Å². The molecule has 0 unspecified atom stereocenters. The van der Waals surface area contributed by atoms with Crippen LogP contribution in [0.15, 0.2) is 29.4 Å². The summed E-state index contributed by atoms with van der Waals surface area (Å²) in [7, 11) is 0. The molecule has 1 rings (SSSR count). The summed E-state index contributed by atoms with van der Waals surface area (Å²) in [6.45, 7) is 1.05. The predicted octanol–water partition coefficient (Wildman–Crippen LogP) is 1.26. The third-order valence-corrected chi connectivity index (χ3v) is 2.05. The number of hydrogen-bond acceptors (Lipinski definition) is 5. The van der Waals surface area contributed by atoms with Gasteiger partial charge in [0.2, 0.25) is 5.12 Å². The van der Waals surface area contributed by atoms with E-state index >= 15 is 0 Å². The van der Waals surface area contributed by atoms with E-state index in [0.29, 0.717) is 5.03 Å². The first-order valence-corrected chi connectivity index (χ1v) is 4.75. The van der Waals surface area contributed by atoms with Crippen LogP contribution in [0.4, 0.5) is 0 Å². The third kappa shape index (κ3) is 4.04. The Morgan fingerprint density at radius 3 is 2.86 bits per heavy atom. The van der Waals surface area contributed by atoms with Crippen molar-refractivity contribution in [1.82, 2.24) is 4.98 Å². The molecule has 0 bridgehead atoms. The number of rotatable bonds is 3. The van der Waals surface area contributed by atoms with Crippen LogP contribution >= 0.6 is 11.8 Å². The third-order valence-electron chi connectivity index (χ3n) is 1.25. The number of carbonyl (C=O) groups excluding carboxylic acids is 2. The van der Waals surface area contributed by atoms with Gasteiger partial charge in [-0.3, -0.25) is 9.59 Å². The number of carbonyl (C=O) groups is 2.